The molecular formula is C27H30N2O5. The van der Waals surface area contributed by atoms with E-state index >= 15 is 0 Å². The fourth-order valence-corrected chi connectivity index (χ4v) is 6.09. The molecule has 1 saturated carbocycles. The highest BCUT2D eigenvalue weighted by atomic mass is 16.5. The molecule has 2 bridgehead atoms. The average Bonchev–Trinajstić information content (AvgIpc) is 3.31. The number of fused-ring (bicyclic) bond motifs is 5. The van der Waals surface area contributed by atoms with Crippen molar-refractivity contribution in [1.82, 2.24) is 10.2 Å². The number of carboxylic acid groups (broad SMARTS) is 1. The zero-order valence-electron chi connectivity index (χ0n) is 19.3. The first-order valence-corrected chi connectivity index (χ1v) is 12.0. The Morgan fingerprint density at radius 2 is 1.56 bits per heavy atom. The van der Waals surface area contributed by atoms with E-state index in [1.54, 1.807) is 11.8 Å². The molecule has 1 aliphatic heterocycles. The van der Waals surface area contributed by atoms with Crippen molar-refractivity contribution < 1.29 is 24.2 Å². The van der Waals surface area contributed by atoms with E-state index in [1.807, 2.05) is 24.3 Å². The molecule has 2 amide bonds. The fourth-order valence-electron chi connectivity index (χ4n) is 6.09. The first kappa shape index (κ1) is 22.4. The standard InChI is InChI=1S/C27H30N2O5/c1-16(25(30)29-13-17-10-11-18(14-29)24(17)26(31)32)12-28-27(33)34-15-23-21-8-4-2-6-19(21)20-7-3-5-9-22(20)23/h2-9,16-18,23-24H,10-15H2,1H3,(H,28,33)(H,31,32). The summed E-state index contributed by atoms with van der Waals surface area (Å²) in [4.78, 5) is 38.7. The molecule has 7 nitrogen and oxygen atoms in total. The Labute approximate surface area is 199 Å². The molecule has 1 saturated heterocycles. The average molecular weight is 463 g/mol. The minimum absolute atomic E-state index is 0.0109. The molecule has 2 aliphatic carbocycles. The molecule has 2 fully saturated rings. The van der Waals surface area contributed by atoms with Gasteiger partial charge in [-0.25, -0.2) is 4.79 Å². The third-order valence-corrected chi connectivity index (χ3v) is 7.75. The first-order chi connectivity index (χ1) is 16.4. The molecule has 178 valence electrons. The SMILES string of the molecule is CC(CNC(=O)OCC1c2ccccc2-c2ccccc21)C(=O)N1CC2CCC(C1)C2C(=O)O. The van der Waals surface area contributed by atoms with Crippen LogP contribution in [0.15, 0.2) is 48.5 Å². The number of likely N-dealkylation sites (tertiary alicyclic amines) is 1. The topological polar surface area (TPSA) is 95.9 Å². The van der Waals surface area contributed by atoms with Crippen LogP contribution in [0.1, 0.15) is 36.8 Å². The Hall–Kier alpha value is -3.35. The van der Waals surface area contributed by atoms with Crippen LogP contribution in [-0.2, 0) is 14.3 Å². The Kier molecular flexibility index (Phi) is 6.02. The highest BCUT2D eigenvalue weighted by Crippen LogP contribution is 2.44. The molecule has 0 aromatic heterocycles. The highest BCUT2D eigenvalue weighted by Gasteiger charge is 2.47. The van der Waals surface area contributed by atoms with Gasteiger partial charge in [0.25, 0.3) is 0 Å². The lowest BCUT2D eigenvalue weighted by Gasteiger charge is -2.37. The Morgan fingerprint density at radius 3 is 2.12 bits per heavy atom. The van der Waals surface area contributed by atoms with Gasteiger partial charge < -0.3 is 20.1 Å². The number of rotatable bonds is 6. The molecule has 0 spiro atoms. The van der Waals surface area contributed by atoms with Crippen LogP contribution in [0.5, 0.6) is 0 Å². The van der Waals surface area contributed by atoms with Gasteiger partial charge in [-0.15, -0.1) is 0 Å². The van der Waals surface area contributed by atoms with E-state index in [2.05, 4.69) is 29.6 Å². The van der Waals surface area contributed by atoms with Crippen LogP contribution in [0.3, 0.4) is 0 Å². The molecule has 2 N–H and O–H groups in total. The summed E-state index contributed by atoms with van der Waals surface area (Å²) in [6.45, 7) is 3.18. The van der Waals surface area contributed by atoms with E-state index in [0.29, 0.717) is 13.1 Å². The zero-order valence-corrected chi connectivity index (χ0v) is 19.3. The quantitative estimate of drug-likeness (QED) is 0.682. The number of amides is 2. The van der Waals surface area contributed by atoms with Gasteiger partial charge in [0.15, 0.2) is 0 Å². The summed E-state index contributed by atoms with van der Waals surface area (Å²) in [5, 5.41) is 12.2. The maximum atomic E-state index is 12.9. The fraction of sp³-hybridized carbons (Fsp3) is 0.444. The Bertz CT molecular complexity index is 1060. The first-order valence-electron chi connectivity index (χ1n) is 12.0. The van der Waals surface area contributed by atoms with Gasteiger partial charge in [0, 0.05) is 25.6 Å². The van der Waals surface area contributed by atoms with Gasteiger partial charge in [-0.1, -0.05) is 55.5 Å². The van der Waals surface area contributed by atoms with Crippen LogP contribution >= 0.6 is 0 Å². The van der Waals surface area contributed by atoms with Crippen molar-refractivity contribution in [3.63, 3.8) is 0 Å². The Morgan fingerprint density at radius 1 is 1.00 bits per heavy atom. The predicted molar refractivity (Wildman–Crippen MR) is 126 cm³/mol. The van der Waals surface area contributed by atoms with Crippen LogP contribution < -0.4 is 5.32 Å². The van der Waals surface area contributed by atoms with Crippen LogP contribution in [0.2, 0.25) is 0 Å². The molecule has 34 heavy (non-hydrogen) atoms. The summed E-state index contributed by atoms with van der Waals surface area (Å²) >= 11 is 0. The number of ether oxygens (including phenoxy) is 1. The number of hydrogen-bond donors (Lipinski definition) is 2. The van der Waals surface area contributed by atoms with Crippen molar-refractivity contribution in [3.8, 4) is 11.1 Å². The third-order valence-electron chi connectivity index (χ3n) is 7.75. The van der Waals surface area contributed by atoms with Crippen LogP contribution in [0, 0.1) is 23.7 Å². The van der Waals surface area contributed by atoms with Crippen LogP contribution in [-0.4, -0.2) is 54.2 Å². The number of benzene rings is 2. The monoisotopic (exact) mass is 462 g/mol. The van der Waals surface area contributed by atoms with E-state index in [-0.39, 0.29) is 42.7 Å². The van der Waals surface area contributed by atoms with Gasteiger partial charge in [-0.3, -0.25) is 9.59 Å². The lowest BCUT2D eigenvalue weighted by molar-refractivity contribution is -0.150. The number of carbonyl (C=O) groups excluding carboxylic acids is 2. The molecule has 7 heteroatoms. The van der Waals surface area contributed by atoms with E-state index in [9.17, 15) is 19.5 Å². The summed E-state index contributed by atoms with van der Waals surface area (Å²) in [7, 11) is 0. The number of alkyl carbamates (subject to hydrolysis) is 1. The maximum Gasteiger partial charge on any atom is 0.407 e. The second-order valence-corrected chi connectivity index (χ2v) is 9.81. The van der Waals surface area contributed by atoms with Crippen molar-refractivity contribution in [2.75, 3.05) is 26.2 Å². The number of nitrogens with zero attached hydrogens (tertiary/aromatic N) is 1. The third kappa shape index (κ3) is 4.04. The molecule has 2 aromatic carbocycles. The van der Waals surface area contributed by atoms with Gasteiger partial charge in [0.2, 0.25) is 5.91 Å². The lowest BCUT2D eigenvalue weighted by Crippen LogP contribution is -2.50. The minimum atomic E-state index is -0.746. The van der Waals surface area contributed by atoms with E-state index in [1.165, 1.54) is 11.1 Å². The number of carboxylic acids is 1. The summed E-state index contributed by atoms with van der Waals surface area (Å²) in [5.74, 6) is -1.47. The number of nitrogens with one attached hydrogen (secondary N) is 1. The van der Waals surface area contributed by atoms with Crippen molar-refractivity contribution >= 4 is 18.0 Å². The normalized spacial score (nSPS) is 23.7. The number of hydrogen-bond acceptors (Lipinski definition) is 4. The smallest absolute Gasteiger partial charge is 0.407 e. The van der Waals surface area contributed by atoms with Crippen molar-refractivity contribution in [2.45, 2.75) is 25.7 Å². The second kappa shape index (κ2) is 9.12. The van der Waals surface area contributed by atoms with E-state index < -0.39 is 18.0 Å². The van der Waals surface area contributed by atoms with Crippen molar-refractivity contribution in [3.05, 3.63) is 59.7 Å². The largest absolute Gasteiger partial charge is 0.481 e. The molecular weight excluding hydrogens is 432 g/mol. The minimum Gasteiger partial charge on any atom is -0.481 e. The highest BCUT2D eigenvalue weighted by molar-refractivity contribution is 5.81. The van der Waals surface area contributed by atoms with Gasteiger partial charge >= 0.3 is 12.1 Å². The van der Waals surface area contributed by atoms with Crippen molar-refractivity contribution in [2.24, 2.45) is 23.7 Å². The van der Waals surface area contributed by atoms with E-state index in [0.717, 1.165) is 24.0 Å². The van der Waals surface area contributed by atoms with Gasteiger partial charge in [-0.2, -0.15) is 0 Å². The second-order valence-electron chi connectivity index (χ2n) is 9.81. The summed E-state index contributed by atoms with van der Waals surface area (Å²) in [5.41, 5.74) is 4.65. The molecule has 3 atom stereocenters. The van der Waals surface area contributed by atoms with Gasteiger partial charge in [0.05, 0.1) is 11.8 Å². The molecule has 5 rings (SSSR count). The van der Waals surface area contributed by atoms with Gasteiger partial charge in [-0.05, 0) is 46.9 Å². The van der Waals surface area contributed by atoms with Crippen molar-refractivity contribution in [1.29, 1.82) is 0 Å². The summed E-state index contributed by atoms with van der Waals surface area (Å²) in [6.07, 6.45) is 1.18. The molecule has 0 radical (unpaired) electrons. The maximum absolute atomic E-state index is 12.9. The number of aliphatic carboxylic acids is 1. The molecule has 2 aromatic rings. The summed E-state index contributed by atoms with van der Waals surface area (Å²) < 4.78 is 5.56. The van der Waals surface area contributed by atoms with E-state index in [4.69, 9.17) is 4.74 Å². The van der Waals surface area contributed by atoms with Crippen LogP contribution in [0.4, 0.5) is 4.79 Å². The lowest BCUT2D eigenvalue weighted by atomic mass is 9.85. The number of piperidine rings is 1. The Balaban J connectivity index is 1.13. The van der Waals surface area contributed by atoms with Gasteiger partial charge in [0.1, 0.15) is 6.61 Å². The molecule has 1 heterocycles. The predicted octanol–water partition coefficient (Wildman–Crippen LogP) is 3.73. The molecule has 3 aliphatic rings. The van der Waals surface area contributed by atoms with Crippen LogP contribution in [0.25, 0.3) is 11.1 Å². The summed E-state index contributed by atoms with van der Waals surface area (Å²) in [6, 6.07) is 16.3. The molecule has 3 unspecified atom stereocenters. The zero-order chi connectivity index (χ0) is 23.8. The number of carbonyl (C=O) groups is 3.